The fraction of sp³-hybridized carbons (Fsp3) is 0.364. The molecule has 0 spiro atoms. The molecule has 28 heavy (non-hydrogen) atoms. The third kappa shape index (κ3) is 6.37. The van der Waals surface area contributed by atoms with Crippen molar-refractivity contribution >= 4 is 27.7 Å². The normalized spacial score (nSPS) is 11.8. The fourth-order valence-corrected chi connectivity index (χ4v) is 3.06. The summed E-state index contributed by atoms with van der Waals surface area (Å²) in [7, 11) is 1.61. The molecular formula is C22H27BrN2O3. The lowest BCUT2D eigenvalue weighted by Crippen LogP contribution is -2.49. The van der Waals surface area contributed by atoms with Crippen LogP contribution in [0.25, 0.3) is 0 Å². The van der Waals surface area contributed by atoms with Crippen LogP contribution in [0.15, 0.2) is 53.0 Å². The number of hydrogen-bond donors (Lipinski definition) is 1. The minimum atomic E-state index is -0.572. The van der Waals surface area contributed by atoms with Crippen molar-refractivity contribution in [1.82, 2.24) is 10.2 Å². The maximum atomic E-state index is 13.1. The quantitative estimate of drug-likeness (QED) is 0.667. The van der Waals surface area contributed by atoms with E-state index in [4.69, 9.17) is 4.74 Å². The van der Waals surface area contributed by atoms with E-state index in [0.29, 0.717) is 6.54 Å². The number of ether oxygens (including phenoxy) is 1. The Morgan fingerprint density at radius 1 is 1.00 bits per heavy atom. The lowest BCUT2D eigenvalue weighted by molar-refractivity contribution is -0.140. The first-order chi connectivity index (χ1) is 13.3. The van der Waals surface area contributed by atoms with Crippen LogP contribution in [-0.2, 0) is 22.6 Å². The van der Waals surface area contributed by atoms with Crippen LogP contribution >= 0.6 is 15.9 Å². The molecule has 1 N–H and O–H groups in total. The van der Waals surface area contributed by atoms with Crippen LogP contribution in [-0.4, -0.2) is 35.9 Å². The smallest absolute Gasteiger partial charge is 0.242 e. The lowest BCUT2D eigenvalue weighted by Gasteiger charge is -2.29. The fourth-order valence-electron chi connectivity index (χ4n) is 2.79. The van der Waals surface area contributed by atoms with Gasteiger partial charge in [-0.1, -0.05) is 40.2 Å². The average molecular weight is 447 g/mol. The minimum Gasteiger partial charge on any atom is -0.497 e. The highest BCUT2D eigenvalue weighted by Gasteiger charge is 2.26. The number of nitrogens with one attached hydrogen (secondary N) is 1. The van der Waals surface area contributed by atoms with Gasteiger partial charge in [0.05, 0.1) is 13.5 Å². The van der Waals surface area contributed by atoms with Gasteiger partial charge >= 0.3 is 0 Å². The molecule has 0 fully saturated rings. The Balaban J connectivity index is 2.20. The number of hydrogen-bond acceptors (Lipinski definition) is 3. The molecule has 0 saturated carbocycles. The zero-order valence-electron chi connectivity index (χ0n) is 16.7. The van der Waals surface area contributed by atoms with E-state index < -0.39 is 6.04 Å². The molecule has 2 amide bonds. The molecule has 0 aliphatic carbocycles. The van der Waals surface area contributed by atoms with Crippen LogP contribution in [0.2, 0.25) is 0 Å². The van der Waals surface area contributed by atoms with E-state index in [-0.39, 0.29) is 24.3 Å². The molecule has 1 atom stereocenters. The monoisotopic (exact) mass is 446 g/mol. The molecule has 2 rings (SSSR count). The zero-order chi connectivity index (χ0) is 20.7. The van der Waals surface area contributed by atoms with Crippen molar-refractivity contribution in [1.29, 1.82) is 0 Å². The Kier molecular flexibility index (Phi) is 8.05. The summed E-state index contributed by atoms with van der Waals surface area (Å²) in [5, 5.41) is 2.89. The van der Waals surface area contributed by atoms with Gasteiger partial charge in [0.1, 0.15) is 11.8 Å². The van der Waals surface area contributed by atoms with Gasteiger partial charge in [-0.2, -0.15) is 0 Å². The molecule has 0 aliphatic rings. The van der Waals surface area contributed by atoms with Crippen LogP contribution in [0.3, 0.4) is 0 Å². The van der Waals surface area contributed by atoms with Crippen molar-refractivity contribution in [2.75, 3.05) is 7.11 Å². The highest BCUT2D eigenvalue weighted by atomic mass is 79.9. The molecule has 0 unspecified atom stereocenters. The topological polar surface area (TPSA) is 58.6 Å². The standard InChI is InChI=1S/C22H27BrN2O3/c1-15(2)24-22(27)16(3)25(14-18-5-9-19(23)10-6-18)21(26)13-17-7-11-20(28-4)12-8-17/h5-12,15-16H,13-14H2,1-4H3,(H,24,27)/t16-/m0/s1. The zero-order valence-corrected chi connectivity index (χ0v) is 18.3. The Bertz CT molecular complexity index is 788. The van der Waals surface area contributed by atoms with Crippen molar-refractivity contribution in [3.63, 3.8) is 0 Å². The Morgan fingerprint density at radius 2 is 1.57 bits per heavy atom. The van der Waals surface area contributed by atoms with Crippen LogP contribution in [0.5, 0.6) is 5.75 Å². The van der Waals surface area contributed by atoms with Gasteiger partial charge in [-0.05, 0) is 56.2 Å². The summed E-state index contributed by atoms with van der Waals surface area (Å²) in [5.74, 6) is 0.488. The number of carbonyl (C=O) groups excluding carboxylic acids is 2. The van der Waals surface area contributed by atoms with Gasteiger partial charge in [0.15, 0.2) is 0 Å². The van der Waals surface area contributed by atoms with E-state index in [1.54, 1.807) is 18.9 Å². The largest absolute Gasteiger partial charge is 0.497 e. The second-order valence-corrected chi connectivity index (χ2v) is 7.93. The molecule has 0 radical (unpaired) electrons. The maximum absolute atomic E-state index is 13.1. The second kappa shape index (κ2) is 10.3. The maximum Gasteiger partial charge on any atom is 0.242 e. The molecule has 0 aromatic heterocycles. The van der Waals surface area contributed by atoms with Gasteiger partial charge in [0, 0.05) is 17.1 Å². The predicted octanol–water partition coefficient (Wildman–Crippen LogP) is 3.94. The summed E-state index contributed by atoms with van der Waals surface area (Å²) in [5.41, 5.74) is 1.85. The molecule has 150 valence electrons. The van der Waals surface area contributed by atoms with Gasteiger partial charge in [-0.3, -0.25) is 9.59 Å². The van der Waals surface area contributed by atoms with E-state index in [9.17, 15) is 9.59 Å². The summed E-state index contributed by atoms with van der Waals surface area (Å²) in [6, 6.07) is 14.6. The molecule has 0 heterocycles. The molecular weight excluding hydrogens is 420 g/mol. The third-order valence-electron chi connectivity index (χ3n) is 4.38. The SMILES string of the molecule is COc1ccc(CC(=O)N(Cc2ccc(Br)cc2)[C@@H](C)C(=O)NC(C)C)cc1. The van der Waals surface area contributed by atoms with Gasteiger partial charge in [0.25, 0.3) is 0 Å². The van der Waals surface area contributed by atoms with E-state index in [2.05, 4.69) is 21.2 Å². The van der Waals surface area contributed by atoms with E-state index >= 15 is 0 Å². The van der Waals surface area contributed by atoms with Crippen molar-refractivity contribution < 1.29 is 14.3 Å². The van der Waals surface area contributed by atoms with Crippen LogP contribution < -0.4 is 10.1 Å². The van der Waals surface area contributed by atoms with Crippen molar-refractivity contribution in [2.45, 2.75) is 45.8 Å². The molecule has 6 heteroatoms. The first-order valence-corrected chi connectivity index (χ1v) is 10.1. The number of halogens is 1. The minimum absolute atomic E-state index is 0.0150. The third-order valence-corrected chi connectivity index (χ3v) is 4.91. The molecule has 0 saturated heterocycles. The number of benzene rings is 2. The first kappa shape index (κ1) is 22.0. The van der Waals surface area contributed by atoms with Crippen LogP contribution in [0.4, 0.5) is 0 Å². The summed E-state index contributed by atoms with van der Waals surface area (Å²) in [4.78, 5) is 27.3. The Hall–Kier alpha value is -2.34. The van der Waals surface area contributed by atoms with Crippen LogP contribution in [0.1, 0.15) is 31.9 Å². The lowest BCUT2D eigenvalue weighted by atomic mass is 10.1. The predicted molar refractivity (Wildman–Crippen MR) is 114 cm³/mol. The van der Waals surface area contributed by atoms with E-state index in [1.165, 1.54) is 0 Å². The second-order valence-electron chi connectivity index (χ2n) is 7.01. The average Bonchev–Trinajstić information content (AvgIpc) is 2.67. The van der Waals surface area contributed by atoms with Crippen molar-refractivity contribution in [3.8, 4) is 5.75 Å². The summed E-state index contributed by atoms with van der Waals surface area (Å²) >= 11 is 3.42. The van der Waals surface area contributed by atoms with E-state index in [0.717, 1.165) is 21.3 Å². The van der Waals surface area contributed by atoms with Gasteiger partial charge in [-0.25, -0.2) is 0 Å². The number of methoxy groups -OCH3 is 1. The Labute approximate surface area is 175 Å². The highest BCUT2D eigenvalue weighted by molar-refractivity contribution is 9.10. The summed E-state index contributed by atoms with van der Waals surface area (Å²) in [6.45, 7) is 5.95. The van der Waals surface area contributed by atoms with Gasteiger partial charge < -0.3 is 15.0 Å². The van der Waals surface area contributed by atoms with E-state index in [1.807, 2.05) is 62.4 Å². The molecule has 2 aromatic carbocycles. The summed E-state index contributed by atoms with van der Waals surface area (Å²) in [6.07, 6.45) is 0.222. The molecule has 2 aromatic rings. The van der Waals surface area contributed by atoms with Crippen molar-refractivity contribution in [3.05, 3.63) is 64.1 Å². The summed E-state index contributed by atoms with van der Waals surface area (Å²) < 4.78 is 6.14. The molecule has 0 aliphatic heterocycles. The number of nitrogens with zero attached hydrogens (tertiary/aromatic N) is 1. The number of amides is 2. The van der Waals surface area contributed by atoms with Crippen molar-refractivity contribution in [2.24, 2.45) is 0 Å². The highest BCUT2D eigenvalue weighted by Crippen LogP contribution is 2.17. The van der Waals surface area contributed by atoms with Gasteiger partial charge in [-0.15, -0.1) is 0 Å². The Morgan fingerprint density at radius 3 is 2.11 bits per heavy atom. The molecule has 5 nitrogen and oxygen atoms in total. The molecule has 0 bridgehead atoms. The van der Waals surface area contributed by atoms with Crippen LogP contribution in [0, 0.1) is 0 Å². The number of carbonyl (C=O) groups is 2. The van der Waals surface area contributed by atoms with Gasteiger partial charge in [0.2, 0.25) is 11.8 Å². The number of rotatable bonds is 8. The first-order valence-electron chi connectivity index (χ1n) is 9.27.